The van der Waals surface area contributed by atoms with Crippen molar-refractivity contribution in [3.8, 4) is 33.1 Å². The van der Waals surface area contributed by atoms with Gasteiger partial charge in [-0.2, -0.15) is 5.10 Å². The van der Waals surface area contributed by atoms with Gasteiger partial charge in [0.2, 0.25) is 5.01 Å². The van der Waals surface area contributed by atoms with Crippen LogP contribution in [0.4, 0.5) is 5.82 Å². The molecule has 1 fully saturated rings. The quantitative estimate of drug-likeness (QED) is 0.305. The first-order chi connectivity index (χ1) is 19.1. The summed E-state index contributed by atoms with van der Waals surface area (Å²) < 4.78 is 12.3. The number of nitrogens with zero attached hydrogens (tertiary/aromatic N) is 6. The van der Waals surface area contributed by atoms with Crippen molar-refractivity contribution in [3.05, 3.63) is 47.9 Å². The number of hydrogen-bond acceptors (Lipinski definition) is 12. The van der Waals surface area contributed by atoms with Gasteiger partial charge in [-0.1, -0.05) is 29.5 Å². The molecule has 40 heavy (non-hydrogen) atoms. The zero-order valence-electron chi connectivity index (χ0n) is 22.8. The zero-order valence-corrected chi connectivity index (χ0v) is 23.7. The molecule has 1 aromatic carbocycles. The van der Waals surface area contributed by atoms with E-state index in [1.165, 1.54) is 7.11 Å². The molecule has 13 heteroatoms. The molecular formula is C27H30N8O4S. The Labute approximate surface area is 235 Å². The number of nitrogens with one attached hydrogen (secondary N) is 2. The van der Waals surface area contributed by atoms with E-state index in [9.17, 15) is 9.59 Å². The van der Waals surface area contributed by atoms with E-state index in [4.69, 9.17) is 14.5 Å². The van der Waals surface area contributed by atoms with E-state index in [-0.39, 0.29) is 16.9 Å². The summed E-state index contributed by atoms with van der Waals surface area (Å²) in [6.07, 6.45) is 5.35. The van der Waals surface area contributed by atoms with Gasteiger partial charge in [-0.15, -0.1) is 10.2 Å². The van der Waals surface area contributed by atoms with Crippen LogP contribution in [0.3, 0.4) is 0 Å². The maximum atomic E-state index is 13.3. The third-order valence-corrected chi connectivity index (χ3v) is 7.14. The summed E-state index contributed by atoms with van der Waals surface area (Å²) in [5.74, 6) is -0.141. The Hall–Kier alpha value is -4.23. The van der Waals surface area contributed by atoms with Crippen molar-refractivity contribution in [2.45, 2.75) is 32.4 Å². The molecule has 4 heterocycles. The molecule has 0 amide bonds. The molecule has 1 unspecified atom stereocenters. The zero-order chi connectivity index (χ0) is 28.4. The number of aryl methyl sites for hydroxylation is 1. The second-order valence-corrected chi connectivity index (χ2v) is 11.4. The number of methoxy groups -OCH3 is 1. The predicted octanol–water partition coefficient (Wildman–Crippen LogP) is 3.19. The van der Waals surface area contributed by atoms with Crippen LogP contribution in [0.1, 0.15) is 30.6 Å². The maximum Gasteiger partial charge on any atom is 0.369 e. The Morgan fingerprint density at radius 3 is 2.58 bits per heavy atom. The van der Waals surface area contributed by atoms with Crippen molar-refractivity contribution in [1.82, 2.24) is 35.3 Å². The minimum Gasteiger partial charge on any atom is -0.464 e. The average molecular weight is 563 g/mol. The summed E-state index contributed by atoms with van der Waals surface area (Å²) in [5.41, 5.74) is 2.55. The molecule has 0 aliphatic carbocycles. The van der Waals surface area contributed by atoms with Crippen LogP contribution in [0, 0.1) is 5.92 Å². The minimum atomic E-state index is -0.670. The highest BCUT2D eigenvalue weighted by Crippen LogP contribution is 2.33. The van der Waals surface area contributed by atoms with Crippen LogP contribution in [0.2, 0.25) is 0 Å². The first kappa shape index (κ1) is 27.3. The Balaban J connectivity index is 1.56. The molecule has 0 saturated carbocycles. The van der Waals surface area contributed by atoms with Crippen molar-refractivity contribution >= 4 is 29.1 Å². The molecule has 1 aliphatic heterocycles. The van der Waals surface area contributed by atoms with Crippen LogP contribution in [0.25, 0.3) is 33.1 Å². The van der Waals surface area contributed by atoms with Gasteiger partial charge in [0.05, 0.1) is 18.9 Å². The standard InChI is InChI=1S/C27H30N8O4S/c1-27(2,3)39-25(36)20(17-10-28-11-17)31-22-19(23-33-34-24(40-23)26(37)38-5)13-29-21(32-22)16-8-6-7-15(9-16)18-12-30-35(4)14-18/h6-9,12-14,17,20,28H,10-11H2,1-5H3,(H,29,31,32). The van der Waals surface area contributed by atoms with Gasteiger partial charge in [0, 0.05) is 49.6 Å². The van der Waals surface area contributed by atoms with Crippen LogP contribution >= 0.6 is 11.3 Å². The van der Waals surface area contributed by atoms with Crippen LogP contribution in [-0.2, 0) is 21.3 Å². The van der Waals surface area contributed by atoms with Gasteiger partial charge >= 0.3 is 11.9 Å². The number of ether oxygens (including phenoxy) is 2. The van der Waals surface area contributed by atoms with E-state index in [1.54, 1.807) is 17.1 Å². The molecule has 0 spiro atoms. The molecule has 0 radical (unpaired) electrons. The molecule has 12 nitrogen and oxygen atoms in total. The molecule has 5 rings (SSSR count). The van der Waals surface area contributed by atoms with E-state index in [0.29, 0.717) is 35.3 Å². The Morgan fingerprint density at radius 2 is 1.93 bits per heavy atom. The Morgan fingerprint density at radius 1 is 1.15 bits per heavy atom. The van der Waals surface area contributed by atoms with E-state index in [1.807, 2.05) is 58.3 Å². The number of esters is 2. The molecule has 0 bridgehead atoms. The van der Waals surface area contributed by atoms with Crippen molar-refractivity contribution in [1.29, 1.82) is 0 Å². The molecule has 208 valence electrons. The van der Waals surface area contributed by atoms with Gasteiger partial charge in [-0.05, 0) is 32.4 Å². The second kappa shape index (κ2) is 11.1. The van der Waals surface area contributed by atoms with Crippen LogP contribution in [-0.4, -0.2) is 73.7 Å². The second-order valence-electron chi connectivity index (χ2n) is 10.4. The molecule has 1 atom stereocenters. The van der Waals surface area contributed by atoms with E-state index < -0.39 is 17.6 Å². The van der Waals surface area contributed by atoms with Crippen LogP contribution < -0.4 is 10.6 Å². The molecule has 4 aromatic rings. The summed E-state index contributed by atoms with van der Waals surface area (Å²) in [4.78, 5) is 34.8. The first-order valence-electron chi connectivity index (χ1n) is 12.7. The fourth-order valence-electron chi connectivity index (χ4n) is 4.13. The monoisotopic (exact) mass is 562 g/mol. The molecule has 1 saturated heterocycles. The first-order valence-corrected chi connectivity index (χ1v) is 13.5. The Kier molecular flexibility index (Phi) is 7.59. The molecule has 3 aromatic heterocycles. The fourth-order valence-corrected chi connectivity index (χ4v) is 4.90. The largest absolute Gasteiger partial charge is 0.464 e. The van der Waals surface area contributed by atoms with Crippen molar-refractivity contribution < 1.29 is 19.1 Å². The number of hydrogen-bond donors (Lipinski definition) is 2. The number of carbonyl (C=O) groups is 2. The summed E-state index contributed by atoms with van der Waals surface area (Å²) >= 11 is 1.06. The molecule has 2 N–H and O–H groups in total. The van der Waals surface area contributed by atoms with Gasteiger partial charge in [0.1, 0.15) is 17.5 Å². The van der Waals surface area contributed by atoms with E-state index in [0.717, 1.165) is 28.0 Å². The lowest BCUT2D eigenvalue weighted by molar-refractivity contribution is -0.157. The summed E-state index contributed by atoms with van der Waals surface area (Å²) in [5, 5.41) is 19.4. The van der Waals surface area contributed by atoms with Gasteiger partial charge in [0.15, 0.2) is 10.8 Å². The lowest BCUT2D eigenvalue weighted by atomic mass is 9.93. The molecular weight excluding hydrogens is 532 g/mol. The van der Waals surface area contributed by atoms with Crippen molar-refractivity contribution in [2.75, 3.05) is 25.5 Å². The third kappa shape index (κ3) is 6.00. The van der Waals surface area contributed by atoms with Gasteiger partial charge in [-0.3, -0.25) is 4.68 Å². The van der Waals surface area contributed by atoms with E-state index in [2.05, 4.69) is 30.9 Å². The lowest BCUT2D eigenvalue weighted by Crippen LogP contribution is -2.55. The number of benzene rings is 1. The summed E-state index contributed by atoms with van der Waals surface area (Å²) in [6.45, 7) is 6.81. The van der Waals surface area contributed by atoms with Gasteiger partial charge < -0.3 is 20.1 Å². The van der Waals surface area contributed by atoms with Crippen LogP contribution in [0.5, 0.6) is 0 Å². The smallest absolute Gasteiger partial charge is 0.369 e. The van der Waals surface area contributed by atoms with Crippen molar-refractivity contribution in [2.24, 2.45) is 13.0 Å². The SMILES string of the molecule is COC(=O)c1nnc(-c2cnc(-c3cccc(-c4cnn(C)c4)c3)nc2NC(C(=O)OC(C)(C)C)C2CNC2)s1. The third-order valence-electron chi connectivity index (χ3n) is 6.20. The highest BCUT2D eigenvalue weighted by molar-refractivity contribution is 7.16. The fraction of sp³-hybridized carbons (Fsp3) is 0.370. The number of rotatable bonds is 8. The highest BCUT2D eigenvalue weighted by Gasteiger charge is 2.36. The van der Waals surface area contributed by atoms with Crippen molar-refractivity contribution in [3.63, 3.8) is 0 Å². The number of carbonyl (C=O) groups excluding carboxylic acids is 2. The highest BCUT2D eigenvalue weighted by atomic mass is 32.1. The lowest BCUT2D eigenvalue weighted by Gasteiger charge is -2.35. The topological polar surface area (TPSA) is 146 Å². The van der Waals surface area contributed by atoms with Gasteiger partial charge in [-0.25, -0.2) is 19.6 Å². The predicted molar refractivity (Wildman–Crippen MR) is 150 cm³/mol. The van der Waals surface area contributed by atoms with E-state index >= 15 is 0 Å². The Bertz CT molecular complexity index is 1540. The average Bonchev–Trinajstić information content (AvgIpc) is 3.55. The minimum absolute atomic E-state index is 0.00456. The van der Waals surface area contributed by atoms with Crippen LogP contribution in [0.15, 0.2) is 42.9 Å². The molecule has 1 aliphatic rings. The van der Waals surface area contributed by atoms with Gasteiger partial charge in [0.25, 0.3) is 0 Å². The maximum absolute atomic E-state index is 13.3. The normalized spacial score (nSPS) is 14.3. The number of anilines is 1. The summed E-state index contributed by atoms with van der Waals surface area (Å²) in [6, 6.07) is 7.15. The number of aromatic nitrogens is 6. The summed E-state index contributed by atoms with van der Waals surface area (Å²) in [7, 11) is 3.15.